The third-order valence-corrected chi connectivity index (χ3v) is 2.59. The van der Waals surface area contributed by atoms with Crippen LogP contribution in [0, 0.1) is 10.1 Å². The normalized spacial score (nSPS) is 11.2. The van der Waals surface area contributed by atoms with E-state index in [0.717, 1.165) is 13.0 Å². The van der Waals surface area contributed by atoms with Crippen molar-refractivity contribution in [2.75, 3.05) is 20.3 Å². The van der Waals surface area contributed by atoms with Gasteiger partial charge in [0.05, 0.1) is 24.7 Å². The topological polar surface area (TPSA) is 73.6 Å². The van der Waals surface area contributed by atoms with E-state index in [-0.39, 0.29) is 17.0 Å². The van der Waals surface area contributed by atoms with Crippen molar-refractivity contribution in [3.8, 4) is 11.5 Å². The zero-order valence-electron chi connectivity index (χ0n) is 12.4. The molecular formula is C14H22N2O4. The average Bonchev–Trinajstić information content (AvgIpc) is 2.36. The van der Waals surface area contributed by atoms with Crippen molar-refractivity contribution in [1.29, 1.82) is 0 Å². The van der Waals surface area contributed by atoms with Gasteiger partial charge in [0.25, 0.3) is 0 Å². The first-order valence-electron chi connectivity index (χ1n) is 6.54. The summed E-state index contributed by atoms with van der Waals surface area (Å²) in [4.78, 5) is 10.4. The zero-order valence-corrected chi connectivity index (χ0v) is 12.4. The quantitative estimate of drug-likeness (QED) is 0.473. The molecular weight excluding hydrogens is 260 g/mol. The minimum Gasteiger partial charge on any atom is -0.493 e. The molecule has 0 atom stereocenters. The van der Waals surface area contributed by atoms with E-state index in [0.29, 0.717) is 12.4 Å². The Labute approximate surface area is 119 Å². The Morgan fingerprint density at radius 2 is 2.05 bits per heavy atom. The smallest absolute Gasteiger partial charge is 0.314 e. The van der Waals surface area contributed by atoms with Gasteiger partial charge in [-0.05, 0) is 45.9 Å². The number of nitrogens with zero attached hydrogens (tertiary/aromatic N) is 1. The highest BCUT2D eigenvalue weighted by molar-refractivity contribution is 5.50. The maximum Gasteiger partial charge on any atom is 0.314 e. The second-order valence-electron chi connectivity index (χ2n) is 5.47. The molecule has 6 heteroatoms. The minimum atomic E-state index is -0.479. The highest BCUT2D eigenvalue weighted by Gasteiger charge is 2.15. The van der Waals surface area contributed by atoms with Crippen LogP contribution < -0.4 is 14.8 Å². The summed E-state index contributed by atoms with van der Waals surface area (Å²) in [5.41, 5.74) is -0.00311. The molecule has 20 heavy (non-hydrogen) atoms. The van der Waals surface area contributed by atoms with Gasteiger partial charge in [0.15, 0.2) is 5.75 Å². The summed E-state index contributed by atoms with van der Waals surface area (Å²) in [6, 6.07) is 4.60. The molecule has 1 N–H and O–H groups in total. The Balaban J connectivity index is 2.49. The zero-order chi connectivity index (χ0) is 15.2. The lowest BCUT2D eigenvalue weighted by Crippen LogP contribution is -2.36. The summed E-state index contributed by atoms with van der Waals surface area (Å²) < 4.78 is 10.4. The second kappa shape index (κ2) is 7.09. The number of benzene rings is 1. The van der Waals surface area contributed by atoms with Crippen molar-refractivity contribution in [3.05, 3.63) is 28.3 Å². The number of methoxy groups -OCH3 is 1. The van der Waals surface area contributed by atoms with Crippen LogP contribution in [-0.4, -0.2) is 30.7 Å². The van der Waals surface area contributed by atoms with Crippen molar-refractivity contribution in [1.82, 2.24) is 5.32 Å². The Hall–Kier alpha value is -1.82. The van der Waals surface area contributed by atoms with E-state index in [1.54, 1.807) is 12.1 Å². The van der Waals surface area contributed by atoms with Crippen molar-refractivity contribution in [2.24, 2.45) is 0 Å². The Morgan fingerprint density at radius 1 is 1.35 bits per heavy atom. The standard InChI is InChI=1S/C14H22N2O4/c1-14(2,3)15-8-5-9-20-11-6-7-13(19-4)12(10-11)16(17)18/h6-7,10,15H,5,8-9H2,1-4H3. The Kier molecular flexibility index (Phi) is 5.76. The average molecular weight is 282 g/mol. The molecule has 0 radical (unpaired) electrons. The van der Waals surface area contributed by atoms with E-state index in [1.165, 1.54) is 13.2 Å². The van der Waals surface area contributed by atoms with Gasteiger partial charge in [-0.25, -0.2) is 0 Å². The maximum atomic E-state index is 10.9. The summed E-state index contributed by atoms with van der Waals surface area (Å²) in [6.45, 7) is 7.64. The fourth-order valence-corrected chi connectivity index (χ4v) is 1.63. The summed E-state index contributed by atoms with van der Waals surface area (Å²) >= 11 is 0. The van der Waals surface area contributed by atoms with Crippen molar-refractivity contribution in [3.63, 3.8) is 0 Å². The molecule has 0 bridgehead atoms. The van der Waals surface area contributed by atoms with Crippen LogP contribution >= 0.6 is 0 Å². The predicted molar refractivity (Wildman–Crippen MR) is 77.5 cm³/mol. The van der Waals surface area contributed by atoms with Crippen LogP contribution in [0.2, 0.25) is 0 Å². The molecule has 0 aliphatic rings. The fourth-order valence-electron chi connectivity index (χ4n) is 1.63. The van der Waals surface area contributed by atoms with Crippen LogP contribution in [0.3, 0.4) is 0 Å². The molecule has 1 aromatic rings. The van der Waals surface area contributed by atoms with E-state index < -0.39 is 4.92 Å². The molecule has 0 amide bonds. The number of hydrogen-bond acceptors (Lipinski definition) is 5. The summed E-state index contributed by atoms with van der Waals surface area (Å²) in [7, 11) is 1.40. The lowest BCUT2D eigenvalue weighted by Gasteiger charge is -2.20. The van der Waals surface area contributed by atoms with Gasteiger partial charge in [0.1, 0.15) is 5.75 Å². The highest BCUT2D eigenvalue weighted by Crippen LogP contribution is 2.30. The third-order valence-electron chi connectivity index (χ3n) is 2.59. The van der Waals surface area contributed by atoms with Gasteiger partial charge in [-0.3, -0.25) is 10.1 Å². The van der Waals surface area contributed by atoms with E-state index in [1.807, 2.05) is 0 Å². The molecule has 0 heterocycles. The van der Waals surface area contributed by atoms with Crippen LogP contribution in [0.25, 0.3) is 0 Å². The van der Waals surface area contributed by atoms with Gasteiger partial charge in [-0.15, -0.1) is 0 Å². The van der Waals surface area contributed by atoms with E-state index in [9.17, 15) is 10.1 Å². The van der Waals surface area contributed by atoms with Crippen LogP contribution in [0.4, 0.5) is 5.69 Å². The van der Waals surface area contributed by atoms with Crippen molar-refractivity contribution < 1.29 is 14.4 Å². The molecule has 1 aromatic carbocycles. The minimum absolute atomic E-state index is 0.0822. The molecule has 0 saturated carbocycles. The van der Waals surface area contributed by atoms with Crippen LogP contribution in [-0.2, 0) is 0 Å². The van der Waals surface area contributed by atoms with Crippen LogP contribution in [0.15, 0.2) is 18.2 Å². The van der Waals surface area contributed by atoms with Crippen LogP contribution in [0.5, 0.6) is 11.5 Å². The third kappa shape index (κ3) is 5.44. The summed E-state index contributed by atoms with van der Waals surface area (Å²) in [5, 5.41) is 14.2. The van der Waals surface area contributed by atoms with Crippen molar-refractivity contribution in [2.45, 2.75) is 32.7 Å². The summed E-state index contributed by atoms with van der Waals surface area (Å²) in [6.07, 6.45) is 0.830. The van der Waals surface area contributed by atoms with Gasteiger partial charge < -0.3 is 14.8 Å². The SMILES string of the molecule is COc1ccc(OCCCNC(C)(C)C)cc1[N+](=O)[O-]. The Morgan fingerprint density at radius 3 is 2.60 bits per heavy atom. The molecule has 0 saturated heterocycles. The highest BCUT2D eigenvalue weighted by atomic mass is 16.6. The first-order chi connectivity index (χ1) is 9.33. The number of ether oxygens (including phenoxy) is 2. The Bertz CT molecular complexity index is 455. The number of nitro benzene ring substituents is 1. The monoisotopic (exact) mass is 282 g/mol. The number of nitrogens with one attached hydrogen (secondary N) is 1. The van der Waals surface area contributed by atoms with Gasteiger partial charge >= 0.3 is 5.69 Å². The molecule has 0 aromatic heterocycles. The second-order valence-corrected chi connectivity index (χ2v) is 5.47. The van der Waals surface area contributed by atoms with Crippen molar-refractivity contribution >= 4 is 5.69 Å². The molecule has 112 valence electrons. The molecule has 1 rings (SSSR count). The maximum absolute atomic E-state index is 10.9. The number of rotatable bonds is 7. The number of nitro groups is 1. The molecule has 0 aliphatic carbocycles. The van der Waals surface area contributed by atoms with Gasteiger partial charge in [0.2, 0.25) is 0 Å². The molecule has 0 fully saturated rings. The van der Waals surface area contributed by atoms with E-state index in [2.05, 4.69) is 26.1 Å². The first kappa shape index (κ1) is 16.2. The van der Waals surface area contributed by atoms with Crippen LogP contribution in [0.1, 0.15) is 27.2 Å². The largest absolute Gasteiger partial charge is 0.493 e. The van der Waals surface area contributed by atoms with Gasteiger partial charge in [-0.1, -0.05) is 0 Å². The molecule has 0 spiro atoms. The summed E-state index contributed by atoms with van der Waals surface area (Å²) in [5.74, 6) is 0.713. The van der Waals surface area contributed by atoms with Gasteiger partial charge in [-0.2, -0.15) is 0 Å². The molecule has 0 aliphatic heterocycles. The first-order valence-corrected chi connectivity index (χ1v) is 6.54. The van der Waals surface area contributed by atoms with E-state index >= 15 is 0 Å². The lowest BCUT2D eigenvalue weighted by molar-refractivity contribution is -0.385. The fraction of sp³-hybridized carbons (Fsp3) is 0.571. The van der Waals surface area contributed by atoms with Gasteiger partial charge in [0, 0.05) is 5.54 Å². The molecule has 0 unspecified atom stereocenters. The lowest BCUT2D eigenvalue weighted by atomic mass is 10.1. The molecule has 6 nitrogen and oxygen atoms in total. The van der Waals surface area contributed by atoms with E-state index in [4.69, 9.17) is 9.47 Å². The predicted octanol–water partition coefficient (Wildman–Crippen LogP) is 2.76. The number of hydrogen-bond donors (Lipinski definition) is 1.